The van der Waals surface area contributed by atoms with Crippen LogP contribution in [0.3, 0.4) is 0 Å². The lowest BCUT2D eigenvalue weighted by atomic mass is 10.4. The molecule has 0 atom stereocenters. The summed E-state index contributed by atoms with van der Waals surface area (Å²) in [5, 5.41) is 6.72. The van der Waals surface area contributed by atoms with E-state index in [9.17, 15) is 4.79 Å². The van der Waals surface area contributed by atoms with E-state index < -0.39 is 0 Å². The minimum absolute atomic E-state index is 0.239. The first-order chi connectivity index (χ1) is 9.72. The van der Waals surface area contributed by atoms with Gasteiger partial charge in [-0.15, -0.1) is 11.3 Å². The van der Waals surface area contributed by atoms with E-state index in [1.54, 1.807) is 30.6 Å². The van der Waals surface area contributed by atoms with Crippen LogP contribution in [0.25, 0.3) is 5.95 Å². The number of halogens is 1. The monoisotopic (exact) mass is 305 g/mol. The number of carbonyl (C=O) groups excluding carboxylic acids is 1. The number of nitrogens with one attached hydrogen (secondary N) is 1. The summed E-state index contributed by atoms with van der Waals surface area (Å²) >= 11 is 7.00. The first-order valence-electron chi connectivity index (χ1n) is 5.61. The Morgan fingerprint density at radius 2 is 2.10 bits per heavy atom. The topological polar surface area (TPSA) is 72.7 Å². The molecule has 0 fully saturated rings. The molecule has 1 amide bonds. The molecular weight excluding hydrogens is 298 g/mol. The molecule has 6 nitrogen and oxygen atoms in total. The van der Waals surface area contributed by atoms with Crippen LogP contribution in [0.5, 0.6) is 0 Å². The molecule has 0 aromatic carbocycles. The molecule has 3 aromatic heterocycles. The third-order valence-electron chi connectivity index (χ3n) is 2.40. The largest absolute Gasteiger partial charge is 0.319 e. The number of aromatic nitrogens is 4. The van der Waals surface area contributed by atoms with Crippen LogP contribution in [0.1, 0.15) is 9.67 Å². The summed E-state index contributed by atoms with van der Waals surface area (Å²) in [5.41, 5.74) is 0.510. The molecular formula is C12H8ClN5OS. The van der Waals surface area contributed by atoms with Crippen molar-refractivity contribution >= 4 is 34.5 Å². The van der Waals surface area contributed by atoms with Gasteiger partial charge in [-0.25, -0.2) is 14.6 Å². The summed E-state index contributed by atoms with van der Waals surface area (Å²) < 4.78 is 2.10. The molecule has 20 heavy (non-hydrogen) atoms. The highest BCUT2D eigenvalue weighted by Crippen LogP contribution is 2.22. The molecule has 0 aliphatic carbocycles. The molecule has 0 saturated heterocycles. The molecule has 0 spiro atoms. The van der Waals surface area contributed by atoms with Gasteiger partial charge in [-0.2, -0.15) is 5.10 Å². The van der Waals surface area contributed by atoms with Crippen LogP contribution < -0.4 is 5.32 Å². The fourth-order valence-electron chi connectivity index (χ4n) is 1.52. The Bertz CT molecular complexity index is 723. The highest BCUT2D eigenvalue weighted by atomic mass is 35.5. The molecule has 0 bridgehead atoms. The molecule has 100 valence electrons. The maximum absolute atomic E-state index is 11.9. The molecule has 3 heterocycles. The summed E-state index contributed by atoms with van der Waals surface area (Å²) in [7, 11) is 0. The molecule has 0 aliphatic heterocycles. The molecule has 0 aliphatic rings. The van der Waals surface area contributed by atoms with Crippen LogP contribution in [-0.2, 0) is 0 Å². The van der Waals surface area contributed by atoms with Gasteiger partial charge in [-0.05, 0) is 18.2 Å². The first-order valence-corrected chi connectivity index (χ1v) is 6.80. The Morgan fingerprint density at radius 1 is 1.30 bits per heavy atom. The predicted molar refractivity (Wildman–Crippen MR) is 76.4 cm³/mol. The van der Waals surface area contributed by atoms with Crippen molar-refractivity contribution in [3.63, 3.8) is 0 Å². The SMILES string of the molecule is O=C(Nc1cnc(-n2cccn2)nc1)c1ccc(Cl)s1. The van der Waals surface area contributed by atoms with E-state index >= 15 is 0 Å². The van der Waals surface area contributed by atoms with Crippen molar-refractivity contribution in [3.8, 4) is 5.95 Å². The summed E-state index contributed by atoms with van der Waals surface area (Å²) in [6.45, 7) is 0. The van der Waals surface area contributed by atoms with Crippen molar-refractivity contribution in [2.75, 3.05) is 5.32 Å². The number of thiophene rings is 1. The van der Waals surface area contributed by atoms with E-state index in [0.29, 0.717) is 20.8 Å². The summed E-state index contributed by atoms with van der Waals surface area (Å²) in [6, 6.07) is 5.12. The van der Waals surface area contributed by atoms with Gasteiger partial charge in [0.15, 0.2) is 0 Å². The van der Waals surface area contributed by atoms with Gasteiger partial charge < -0.3 is 5.32 Å². The second-order valence-corrected chi connectivity index (χ2v) is 5.50. The number of hydrogen-bond donors (Lipinski definition) is 1. The van der Waals surface area contributed by atoms with Crippen LogP contribution in [-0.4, -0.2) is 25.7 Å². The zero-order valence-corrected chi connectivity index (χ0v) is 11.6. The van der Waals surface area contributed by atoms with Crippen molar-refractivity contribution in [2.24, 2.45) is 0 Å². The lowest BCUT2D eigenvalue weighted by Gasteiger charge is -2.03. The Balaban J connectivity index is 1.74. The molecule has 3 aromatic rings. The van der Waals surface area contributed by atoms with Crippen LogP contribution >= 0.6 is 22.9 Å². The van der Waals surface area contributed by atoms with Crippen molar-refractivity contribution in [1.29, 1.82) is 0 Å². The molecule has 0 radical (unpaired) electrons. The summed E-state index contributed by atoms with van der Waals surface area (Å²) in [6.07, 6.45) is 6.43. The van der Waals surface area contributed by atoms with Crippen molar-refractivity contribution in [1.82, 2.24) is 19.7 Å². The van der Waals surface area contributed by atoms with E-state index in [-0.39, 0.29) is 5.91 Å². The minimum atomic E-state index is -0.239. The Morgan fingerprint density at radius 3 is 2.70 bits per heavy atom. The maximum atomic E-state index is 11.9. The van der Waals surface area contributed by atoms with Crippen LogP contribution in [0.2, 0.25) is 4.34 Å². The summed E-state index contributed by atoms with van der Waals surface area (Å²) in [4.78, 5) is 20.7. The van der Waals surface area contributed by atoms with E-state index in [1.165, 1.54) is 28.4 Å². The van der Waals surface area contributed by atoms with Crippen molar-refractivity contribution < 1.29 is 4.79 Å². The molecule has 3 rings (SSSR count). The second-order valence-electron chi connectivity index (χ2n) is 3.78. The average molecular weight is 306 g/mol. The lowest BCUT2D eigenvalue weighted by Crippen LogP contribution is -2.11. The normalized spacial score (nSPS) is 10.4. The Hall–Kier alpha value is -2.25. The van der Waals surface area contributed by atoms with Gasteiger partial charge >= 0.3 is 0 Å². The highest BCUT2D eigenvalue weighted by molar-refractivity contribution is 7.18. The fourth-order valence-corrected chi connectivity index (χ4v) is 2.46. The van der Waals surface area contributed by atoms with Gasteiger partial charge in [0, 0.05) is 12.4 Å². The third-order valence-corrected chi connectivity index (χ3v) is 3.63. The van der Waals surface area contributed by atoms with E-state index in [1.807, 2.05) is 0 Å². The van der Waals surface area contributed by atoms with Gasteiger partial charge in [0.05, 0.1) is 27.3 Å². The van der Waals surface area contributed by atoms with Crippen LogP contribution in [0, 0.1) is 0 Å². The standard InChI is InChI=1S/C12H8ClN5OS/c13-10-3-2-9(20-10)11(19)17-8-6-14-12(15-7-8)18-5-1-4-16-18/h1-7H,(H,17,19). The van der Waals surface area contributed by atoms with E-state index in [4.69, 9.17) is 11.6 Å². The maximum Gasteiger partial charge on any atom is 0.265 e. The molecule has 1 N–H and O–H groups in total. The average Bonchev–Trinajstić information content (AvgIpc) is 3.10. The van der Waals surface area contributed by atoms with Gasteiger partial charge in [0.2, 0.25) is 0 Å². The Kier molecular flexibility index (Phi) is 3.44. The van der Waals surface area contributed by atoms with E-state index in [2.05, 4.69) is 20.4 Å². The fraction of sp³-hybridized carbons (Fsp3) is 0. The lowest BCUT2D eigenvalue weighted by molar-refractivity contribution is 0.103. The minimum Gasteiger partial charge on any atom is -0.319 e. The number of carbonyl (C=O) groups is 1. The number of amides is 1. The Labute approximate surface area is 123 Å². The zero-order valence-electron chi connectivity index (χ0n) is 10.0. The van der Waals surface area contributed by atoms with Gasteiger partial charge in [0.1, 0.15) is 0 Å². The van der Waals surface area contributed by atoms with Gasteiger partial charge in [-0.3, -0.25) is 4.79 Å². The van der Waals surface area contributed by atoms with Crippen molar-refractivity contribution in [3.05, 3.63) is 52.2 Å². The van der Waals surface area contributed by atoms with Gasteiger partial charge in [-0.1, -0.05) is 11.6 Å². The number of nitrogens with zero attached hydrogens (tertiary/aromatic N) is 4. The number of hydrogen-bond acceptors (Lipinski definition) is 5. The summed E-state index contributed by atoms with van der Waals surface area (Å²) in [5.74, 6) is 0.199. The molecule has 8 heteroatoms. The van der Waals surface area contributed by atoms with E-state index in [0.717, 1.165) is 0 Å². The molecule has 0 unspecified atom stereocenters. The zero-order chi connectivity index (χ0) is 13.9. The smallest absolute Gasteiger partial charge is 0.265 e. The highest BCUT2D eigenvalue weighted by Gasteiger charge is 2.09. The van der Waals surface area contributed by atoms with Crippen molar-refractivity contribution in [2.45, 2.75) is 0 Å². The number of anilines is 1. The van der Waals surface area contributed by atoms with Crippen LogP contribution in [0.4, 0.5) is 5.69 Å². The number of rotatable bonds is 3. The molecule has 0 saturated carbocycles. The third kappa shape index (κ3) is 2.68. The quantitative estimate of drug-likeness (QED) is 0.807. The predicted octanol–water partition coefficient (Wildman–Crippen LogP) is 2.63. The second kappa shape index (κ2) is 5.40. The first kappa shape index (κ1) is 12.8. The van der Waals surface area contributed by atoms with Crippen LogP contribution in [0.15, 0.2) is 43.0 Å². The van der Waals surface area contributed by atoms with Gasteiger partial charge in [0.25, 0.3) is 11.9 Å².